The van der Waals surface area contributed by atoms with Crippen LogP contribution in [0.5, 0.6) is 0 Å². The van der Waals surface area contributed by atoms with Gasteiger partial charge < -0.3 is 25.0 Å². The van der Waals surface area contributed by atoms with Crippen LogP contribution in [0.15, 0.2) is 36.8 Å². The van der Waals surface area contributed by atoms with E-state index in [0.717, 1.165) is 23.8 Å². The molecule has 2 fully saturated rings. The highest BCUT2D eigenvalue weighted by Crippen LogP contribution is 2.35. The lowest BCUT2D eigenvalue weighted by Gasteiger charge is -2.16. The maximum absolute atomic E-state index is 14.6. The van der Waals surface area contributed by atoms with E-state index in [2.05, 4.69) is 20.7 Å². The molecule has 0 bridgehead atoms. The van der Waals surface area contributed by atoms with E-state index in [4.69, 9.17) is 9.72 Å². The van der Waals surface area contributed by atoms with Gasteiger partial charge in [-0.1, -0.05) is 0 Å². The zero-order valence-electron chi connectivity index (χ0n) is 19.2. The number of aliphatic hydroxyl groups excluding tert-OH is 1. The average molecular weight is 480 g/mol. The molecule has 1 aliphatic heterocycles. The normalized spacial score (nSPS) is 24.4. The van der Waals surface area contributed by atoms with Crippen molar-refractivity contribution < 1.29 is 19.0 Å². The average Bonchev–Trinajstić information content (AvgIpc) is 3.65. The summed E-state index contributed by atoms with van der Waals surface area (Å²) in [6, 6.07) is 4.84. The third kappa shape index (κ3) is 3.62. The number of alkyl halides is 1. The van der Waals surface area contributed by atoms with Crippen LogP contribution in [0.25, 0.3) is 27.9 Å². The Morgan fingerprint density at radius 2 is 2.17 bits per heavy atom. The number of hydrogen-bond acceptors (Lipinski definition) is 7. The van der Waals surface area contributed by atoms with Crippen LogP contribution in [0.4, 0.5) is 10.2 Å². The molecule has 10 nitrogen and oxygen atoms in total. The smallest absolute Gasteiger partial charge is 0.257 e. The van der Waals surface area contributed by atoms with Crippen molar-refractivity contribution in [2.75, 3.05) is 25.6 Å². The molecule has 4 atom stereocenters. The number of halogens is 1. The maximum atomic E-state index is 14.6. The number of hydrogen-bond donors (Lipinski definition) is 3. The highest BCUT2D eigenvalue weighted by atomic mass is 19.1. The minimum Gasteiger partial charge on any atom is -0.391 e. The van der Waals surface area contributed by atoms with Crippen molar-refractivity contribution in [2.45, 2.75) is 43.6 Å². The molecular formula is C24H26FN7O3. The van der Waals surface area contributed by atoms with Crippen molar-refractivity contribution in [2.24, 2.45) is 0 Å². The van der Waals surface area contributed by atoms with E-state index < -0.39 is 18.3 Å². The van der Waals surface area contributed by atoms with Gasteiger partial charge in [0.25, 0.3) is 5.91 Å². The molecule has 3 N–H and O–H groups in total. The Labute approximate surface area is 200 Å². The highest BCUT2D eigenvalue weighted by molar-refractivity contribution is 6.01. The second-order valence-electron chi connectivity index (χ2n) is 9.09. The van der Waals surface area contributed by atoms with E-state index in [1.165, 1.54) is 6.20 Å². The summed E-state index contributed by atoms with van der Waals surface area (Å²) in [7, 11) is 1.77. The monoisotopic (exact) mass is 479 g/mol. The van der Waals surface area contributed by atoms with Crippen LogP contribution in [0.2, 0.25) is 0 Å². The van der Waals surface area contributed by atoms with Gasteiger partial charge in [-0.05, 0) is 31.4 Å². The summed E-state index contributed by atoms with van der Waals surface area (Å²) < 4.78 is 23.3. The fraction of sp³-hybridized carbons (Fsp3) is 0.417. The van der Waals surface area contributed by atoms with E-state index in [9.17, 15) is 14.3 Å². The van der Waals surface area contributed by atoms with Crippen molar-refractivity contribution in [3.05, 3.63) is 42.4 Å². The lowest BCUT2D eigenvalue weighted by Crippen LogP contribution is -2.39. The number of nitrogens with zero attached hydrogens (tertiary/aromatic N) is 5. The summed E-state index contributed by atoms with van der Waals surface area (Å²) in [6.45, 7) is 0.333. The summed E-state index contributed by atoms with van der Waals surface area (Å²) in [6.07, 6.45) is 5.63. The number of carbonyl (C=O) groups is 1. The predicted molar refractivity (Wildman–Crippen MR) is 127 cm³/mol. The lowest BCUT2D eigenvalue weighted by molar-refractivity contribution is 0.0874. The van der Waals surface area contributed by atoms with Gasteiger partial charge in [-0.25, -0.2) is 14.4 Å². The van der Waals surface area contributed by atoms with Gasteiger partial charge in [0.1, 0.15) is 23.2 Å². The Morgan fingerprint density at radius 3 is 2.91 bits per heavy atom. The van der Waals surface area contributed by atoms with Crippen LogP contribution in [-0.4, -0.2) is 73.7 Å². The molecule has 1 unspecified atom stereocenters. The van der Waals surface area contributed by atoms with Gasteiger partial charge in [0.2, 0.25) is 0 Å². The Kier molecular flexibility index (Phi) is 5.37. The molecule has 11 heteroatoms. The topological polar surface area (TPSA) is 119 Å². The first-order chi connectivity index (χ1) is 17.0. The molecule has 35 heavy (non-hydrogen) atoms. The second-order valence-corrected chi connectivity index (χ2v) is 9.09. The van der Waals surface area contributed by atoms with Crippen LogP contribution in [0, 0.1) is 0 Å². The SMILES string of the molecule is CNc1cc(-c2cn([C@H]3COC[C@H]3F)c3ncccc23)nc2c(C(=O)NC3CCC[C@H]3O)cnn12. The molecule has 0 spiro atoms. The minimum atomic E-state index is -1.13. The Bertz CT molecular complexity index is 1420. The molecule has 4 aromatic heterocycles. The number of amides is 1. The summed E-state index contributed by atoms with van der Waals surface area (Å²) >= 11 is 0. The second kappa shape index (κ2) is 8.58. The summed E-state index contributed by atoms with van der Waals surface area (Å²) in [4.78, 5) is 22.4. The van der Waals surface area contributed by atoms with Crippen LogP contribution in [0.3, 0.4) is 0 Å². The Morgan fingerprint density at radius 1 is 1.29 bits per heavy atom. The number of pyridine rings is 1. The van der Waals surface area contributed by atoms with Gasteiger partial charge in [0, 0.05) is 36.5 Å². The summed E-state index contributed by atoms with van der Waals surface area (Å²) in [5, 5.41) is 21.4. The Balaban J connectivity index is 1.47. The molecule has 0 aromatic carbocycles. The molecule has 2 aliphatic rings. The van der Waals surface area contributed by atoms with E-state index in [1.54, 1.807) is 17.8 Å². The first kappa shape index (κ1) is 21.9. The molecule has 6 rings (SSSR count). The lowest BCUT2D eigenvalue weighted by atomic mass is 10.1. The Hall–Kier alpha value is -3.57. The first-order valence-corrected chi connectivity index (χ1v) is 11.8. The number of fused-ring (bicyclic) bond motifs is 2. The largest absolute Gasteiger partial charge is 0.391 e. The first-order valence-electron chi connectivity index (χ1n) is 11.8. The van der Waals surface area contributed by atoms with E-state index in [0.29, 0.717) is 34.8 Å². The molecule has 1 aliphatic carbocycles. The van der Waals surface area contributed by atoms with Crippen LogP contribution in [0.1, 0.15) is 35.7 Å². The molecule has 182 valence electrons. The molecule has 1 amide bonds. The number of aromatic nitrogens is 5. The number of ether oxygens (including phenoxy) is 1. The van der Waals surface area contributed by atoms with Crippen molar-refractivity contribution in [3.8, 4) is 11.3 Å². The zero-order valence-corrected chi connectivity index (χ0v) is 19.2. The van der Waals surface area contributed by atoms with Gasteiger partial charge in [0.05, 0.1) is 43.3 Å². The summed E-state index contributed by atoms with van der Waals surface area (Å²) in [5.41, 5.74) is 2.72. The van der Waals surface area contributed by atoms with E-state index >= 15 is 0 Å². The molecule has 0 radical (unpaired) electrons. The van der Waals surface area contributed by atoms with E-state index in [1.807, 2.05) is 29.0 Å². The van der Waals surface area contributed by atoms with Crippen molar-refractivity contribution >= 4 is 28.4 Å². The number of nitrogens with one attached hydrogen (secondary N) is 2. The number of carbonyl (C=O) groups excluding carboxylic acids is 1. The third-order valence-electron chi connectivity index (χ3n) is 6.97. The number of rotatable bonds is 5. The van der Waals surface area contributed by atoms with Gasteiger partial charge >= 0.3 is 0 Å². The molecule has 4 aromatic rings. The number of anilines is 1. The third-order valence-corrected chi connectivity index (χ3v) is 6.97. The highest BCUT2D eigenvalue weighted by Gasteiger charge is 2.32. The molecule has 1 saturated carbocycles. The zero-order chi connectivity index (χ0) is 24.1. The van der Waals surface area contributed by atoms with E-state index in [-0.39, 0.29) is 25.2 Å². The molecular weight excluding hydrogens is 453 g/mol. The number of aliphatic hydroxyl groups is 1. The van der Waals surface area contributed by atoms with Gasteiger partial charge in [-0.15, -0.1) is 0 Å². The van der Waals surface area contributed by atoms with Crippen LogP contribution >= 0.6 is 0 Å². The van der Waals surface area contributed by atoms with Crippen LogP contribution in [-0.2, 0) is 4.74 Å². The quantitative estimate of drug-likeness (QED) is 0.402. The minimum absolute atomic E-state index is 0.0601. The standard InChI is InChI=1S/C24H26FN7O3/c1-26-21-8-18(15-10-31(19-12-35-11-16(19)25)22-13(15)4-3-7-27-22)29-23-14(9-28-32(21)23)24(34)30-17-5-2-6-20(17)33/h3-4,7-10,16-17,19-20,26,33H,2,5-6,11-12H2,1H3,(H,30,34)/t16-,17?,19+,20-/m1/s1. The van der Waals surface area contributed by atoms with Gasteiger partial charge in [-0.2, -0.15) is 9.61 Å². The van der Waals surface area contributed by atoms with Crippen molar-refractivity contribution in [1.29, 1.82) is 0 Å². The van der Waals surface area contributed by atoms with Crippen molar-refractivity contribution in [1.82, 2.24) is 29.5 Å². The molecule has 1 saturated heterocycles. The van der Waals surface area contributed by atoms with Gasteiger partial charge in [-0.3, -0.25) is 4.79 Å². The predicted octanol–water partition coefficient (Wildman–Crippen LogP) is 2.34. The fourth-order valence-corrected chi connectivity index (χ4v) is 5.11. The van der Waals surface area contributed by atoms with Gasteiger partial charge in [0.15, 0.2) is 5.65 Å². The maximum Gasteiger partial charge on any atom is 0.257 e. The van der Waals surface area contributed by atoms with Crippen molar-refractivity contribution in [3.63, 3.8) is 0 Å². The summed E-state index contributed by atoms with van der Waals surface area (Å²) in [5.74, 6) is 0.312. The molecule has 5 heterocycles. The fourth-order valence-electron chi connectivity index (χ4n) is 5.11. The van der Waals surface area contributed by atoms with Crippen LogP contribution < -0.4 is 10.6 Å².